The molecule has 0 aliphatic carbocycles. The molecule has 0 fully saturated rings. The molecule has 3 rings (SSSR count). The van der Waals surface area contributed by atoms with E-state index in [0.717, 1.165) is 38.0 Å². The summed E-state index contributed by atoms with van der Waals surface area (Å²) in [6.45, 7) is 5.08. The first-order valence-electron chi connectivity index (χ1n) is 8.17. The number of Topliss-reactive ketones (excluding diaryl/α,β-unsaturated/α-hetero) is 1. The standard InChI is InChI=1S/C20H23NO/c1-2-20(22)19-9-8-17-10-12-21(13-11-18(17)14-19)15-16-6-4-3-5-7-16/h3-9,14H,2,10-13,15H2,1H3. The Morgan fingerprint density at radius 1 is 1.00 bits per heavy atom. The van der Waals surface area contributed by atoms with E-state index in [1.54, 1.807) is 0 Å². The molecule has 0 radical (unpaired) electrons. The van der Waals surface area contributed by atoms with Gasteiger partial charge in [0.25, 0.3) is 0 Å². The van der Waals surface area contributed by atoms with Crippen LogP contribution in [0.1, 0.15) is 40.4 Å². The van der Waals surface area contributed by atoms with Gasteiger partial charge in [-0.3, -0.25) is 9.69 Å². The van der Waals surface area contributed by atoms with Gasteiger partial charge in [0.15, 0.2) is 5.78 Å². The van der Waals surface area contributed by atoms with Crippen molar-refractivity contribution in [3.63, 3.8) is 0 Å². The molecule has 22 heavy (non-hydrogen) atoms. The van der Waals surface area contributed by atoms with Crippen LogP contribution in [0, 0.1) is 0 Å². The number of carbonyl (C=O) groups is 1. The Balaban J connectivity index is 1.71. The minimum absolute atomic E-state index is 0.244. The van der Waals surface area contributed by atoms with Crippen molar-refractivity contribution in [1.82, 2.24) is 4.90 Å². The van der Waals surface area contributed by atoms with Crippen molar-refractivity contribution in [2.24, 2.45) is 0 Å². The molecule has 1 aliphatic heterocycles. The van der Waals surface area contributed by atoms with Crippen LogP contribution in [0.25, 0.3) is 0 Å². The van der Waals surface area contributed by atoms with Gasteiger partial charge in [-0.15, -0.1) is 0 Å². The van der Waals surface area contributed by atoms with Gasteiger partial charge in [-0.25, -0.2) is 0 Å². The van der Waals surface area contributed by atoms with Crippen LogP contribution in [0.3, 0.4) is 0 Å². The van der Waals surface area contributed by atoms with Gasteiger partial charge in [0.1, 0.15) is 0 Å². The lowest BCUT2D eigenvalue weighted by Crippen LogP contribution is -2.25. The Morgan fingerprint density at radius 3 is 2.45 bits per heavy atom. The number of benzene rings is 2. The van der Waals surface area contributed by atoms with Crippen molar-refractivity contribution in [3.8, 4) is 0 Å². The Labute approximate surface area is 132 Å². The zero-order valence-electron chi connectivity index (χ0n) is 13.2. The molecule has 0 bridgehead atoms. The van der Waals surface area contributed by atoms with E-state index in [0.29, 0.717) is 6.42 Å². The lowest BCUT2D eigenvalue weighted by atomic mass is 9.98. The monoisotopic (exact) mass is 293 g/mol. The van der Waals surface area contributed by atoms with Gasteiger partial charge in [0.05, 0.1) is 0 Å². The molecule has 0 aromatic heterocycles. The summed E-state index contributed by atoms with van der Waals surface area (Å²) in [7, 11) is 0. The summed E-state index contributed by atoms with van der Waals surface area (Å²) in [6.07, 6.45) is 2.69. The van der Waals surface area contributed by atoms with Gasteiger partial charge in [-0.1, -0.05) is 49.4 Å². The molecule has 0 saturated heterocycles. The van der Waals surface area contributed by atoms with Gasteiger partial charge < -0.3 is 0 Å². The third kappa shape index (κ3) is 3.45. The SMILES string of the molecule is CCC(=O)c1ccc2c(c1)CCN(Cc1ccccc1)CC2. The molecule has 0 saturated carbocycles. The van der Waals surface area contributed by atoms with Crippen LogP contribution in [0.5, 0.6) is 0 Å². The summed E-state index contributed by atoms with van der Waals surface area (Å²) in [5.41, 5.74) is 5.01. The quantitative estimate of drug-likeness (QED) is 0.797. The molecule has 1 aliphatic rings. The molecule has 0 atom stereocenters. The molecular weight excluding hydrogens is 270 g/mol. The molecule has 114 valence electrons. The molecule has 0 spiro atoms. The van der Waals surface area contributed by atoms with Crippen molar-refractivity contribution in [2.45, 2.75) is 32.7 Å². The molecule has 2 aromatic rings. The fourth-order valence-electron chi connectivity index (χ4n) is 3.15. The highest BCUT2D eigenvalue weighted by Crippen LogP contribution is 2.20. The summed E-state index contributed by atoms with van der Waals surface area (Å²) >= 11 is 0. The second-order valence-electron chi connectivity index (χ2n) is 6.02. The first-order valence-corrected chi connectivity index (χ1v) is 8.17. The van der Waals surface area contributed by atoms with E-state index in [1.807, 2.05) is 13.0 Å². The average molecular weight is 293 g/mol. The van der Waals surface area contributed by atoms with Gasteiger partial charge in [0.2, 0.25) is 0 Å². The molecule has 2 nitrogen and oxygen atoms in total. The normalized spacial score (nSPS) is 15.1. The van der Waals surface area contributed by atoms with E-state index in [2.05, 4.69) is 47.4 Å². The number of ketones is 1. The largest absolute Gasteiger partial charge is 0.298 e. The smallest absolute Gasteiger partial charge is 0.162 e. The first kappa shape index (κ1) is 15.0. The molecule has 0 N–H and O–H groups in total. The van der Waals surface area contributed by atoms with Crippen LogP contribution in [0.15, 0.2) is 48.5 Å². The van der Waals surface area contributed by atoms with Crippen LogP contribution in [0.2, 0.25) is 0 Å². The molecule has 2 heteroatoms. The predicted molar refractivity (Wildman–Crippen MR) is 90.2 cm³/mol. The Bertz CT molecular complexity index is 648. The molecule has 2 aromatic carbocycles. The minimum atomic E-state index is 0.244. The van der Waals surface area contributed by atoms with Crippen LogP contribution in [-0.4, -0.2) is 23.8 Å². The maximum absolute atomic E-state index is 11.9. The predicted octanol–water partition coefficient (Wildman–Crippen LogP) is 3.88. The van der Waals surface area contributed by atoms with Gasteiger partial charge >= 0.3 is 0 Å². The zero-order chi connectivity index (χ0) is 15.4. The van der Waals surface area contributed by atoms with Crippen LogP contribution in [-0.2, 0) is 19.4 Å². The summed E-state index contributed by atoms with van der Waals surface area (Å²) in [5.74, 6) is 0.244. The van der Waals surface area contributed by atoms with Crippen LogP contribution >= 0.6 is 0 Å². The average Bonchev–Trinajstić information content (AvgIpc) is 2.77. The van der Waals surface area contributed by atoms with Gasteiger partial charge in [-0.05, 0) is 35.6 Å². The van der Waals surface area contributed by atoms with Crippen molar-refractivity contribution in [2.75, 3.05) is 13.1 Å². The van der Waals surface area contributed by atoms with Crippen molar-refractivity contribution >= 4 is 5.78 Å². The third-order valence-corrected chi connectivity index (χ3v) is 4.49. The molecule has 0 unspecified atom stereocenters. The van der Waals surface area contributed by atoms with Gasteiger partial charge in [0, 0.05) is 31.6 Å². The molecular formula is C20H23NO. The van der Waals surface area contributed by atoms with E-state index in [4.69, 9.17) is 0 Å². The van der Waals surface area contributed by atoms with Crippen LogP contribution < -0.4 is 0 Å². The van der Waals surface area contributed by atoms with Gasteiger partial charge in [-0.2, -0.15) is 0 Å². The number of hydrogen-bond acceptors (Lipinski definition) is 2. The maximum atomic E-state index is 11.9. The Kier molecular flexibility index (Phi) is 4.69. The lowest BCUT2D eigenvalue weighted by molar-refractivity contribution is 0.0988. The van der Waals surface area contributed by atoms with Crippen molar-refractivity contribution in [1.29, 1.82) is 0 Å². The third-order valence-electron chi connectivity index (χ3n) is 4.49. The van der Waals surface area contributed by atoms with E-state index >= 15 is 0 Å². The molecule has 0 amide bonds. The Hall–Kier alpha value is -1.93. The summed E-state index contributed by atoms with van der Waals surface area (Å²) in [6, 6.07) is 16.9. The van der Waals surface area contributed by atoms with E-state index < -0.39 is 0 Å². The maximum Gasteiger partial charge on any atom is 0.162 e. The highest BCUT2D eigenvalue weighted by molar-refractivity contribution is 5.96. The second kappa shape index (κ2) is 6.89. The second-order valence-corrected chi connectivity index (χ2v) is 6.02. The fraction of sp³-hybridized carbons (Fsp3) is 0.350. The van der Waals surface area contributed by atoms with Crippen LogP contribution in [0.4, 0.5) is 0 Å². The Morgan fingerprint density at radius 2 is 1.73 bits per heavy atom. The van der Waals surface area contributed by atoms with Crippen molar-refractivity contribution < 1.29 is 4.79 Å². The van der Waals surface area contributed by atoms with E-state index in [9.17, 15) is 4.79 Å². The highest BCUT2D eigenvalue weighted by Gasteiger charge is 2.15. The molecule has 1 heterocycles. The number of carbonyl (C=O) groups excluding carboxylic acids is 1. The summed E-state index contributed by atoms with van der Waals surface area (Å²) in [4.78, 5) is 14.4. The van der Waals surface area contributed by atoms with E-state index in [1.165, 1.54) is 16.7 Å². The number of fused-ring (bicyclic) bond motifs is 1. The lowest BCUT2D eigenvalue weighted by Gasteiger charge is -2.19. The highest BCUT2D eigenvalue weighted by atomic mass is 16.1. The minimum Gasteiger partial charge on any atom is -0.298 e. The summed E-state index contributed by atoms with van der Waals surface area (Å²) < 4.78 is 0. The number of nitrogens with zero attached hydrogens (tertiary/aromatic N) is 1. The zero-order valence-corrected chi connectivity index (χ0v) is 13.2. The fourth-order valence-corrected chi connectivity index (χ4v) is 3.15. The topological polar surface area (TPSA) is 20.3 Å². The summed E-state index contributed by atoms with van der Waals surface area (Å²) in [5, 5.41) is 0. The van der Waals surface area contributed by atoms with Crippen molar-refractivity contribution in [3.05, 3.63) is 70.8 Å². The first-order chi connectivity index (χ1) is 10.8. The number of hydrogen-bond donors (Lipinski definition) is 0. The number of rotatable bonds is 4. The van der Waals surface area contributed by atoms with E-state index in [-0.39, 0.29) is 5.78 Å².